The van der Waals surface area contributed by atoms with Crippen LogP contribution in [0.15, 0.2) is 17.4 Å². The van der Waals surface area contributed by atoms with E-state index in [1.54, 1.807) is 0 Å². The van der Waals surface area contributed by atoms with Crippen molar-refractivity contribution in [1.82, 2.24) is 25.1 Å². The molecule has 1 aliphatic rings. The monoisotopic (exact) mass is 350 g/mol. The Balaban J connectivity index is 1.76. The zero-order chi connectivity index (χ0) is 17.9. The molecule has 7 heteroatoms. The lowest BCUT2D eigenvalue weighted by Gasteiger charge is -2.26. The quantitative estimate of drug-likeness (QED) is 0.399. The number of hydrogen-bond donors (Lipinski definition) is 2. The second kappa shape index (κ2) is 11.1. The highest BCUT2D eigenvalue weighted by Gasteiger charge is 2.09. The van der Waals surface area contributed by atoms with E-state index in [9.17, 15) is 0 Å². The van der Waals surface area contributed by atoms with Gasteiger partial charge in [0.15, 0.2) is 5.96 Å². The van der Waals surface area contributed by atoms with Crippen molar-refractivity contribution in [2.75, 3.05) is 45.9 Å². The molecule has 1 aromatic rings. The number of ether oxygens (including phenoxy) is 1. The van der Waals surface area contributed by atoms with E-state index in [0.29, 0.717) is 12.5 Å². The predicted octanol–water partition coefficient (Wildman–Crippen LogP) is 1.32. The minimum absolute atomic E-state index is 0.596. The average Bonchev–Trinajstić information content (AvgIpc) is 3.03. The van der Waals surface area contributed by atoms with Crippen LogP contribution in [0.3, 0.4) is 0 Å². The maximum atomic E-state index is 5.38. The molecule has 0 spiro atoms. The van der Waals surface area contributed by atoms with Gasteiger partial charge >= 0.3 is 0 Å². The van der Waals surface area contributed by atoms with Crippen molar-refractivity contribution in [3.8, 4) is 0 Å². The van der Waals surface area contributed by atoms with E-state index < -0.39 is 0 Å². The molecule has 1 fully saturated rings. The molecular weight excluding hydrogens is 316 g/mol. The van der Waals surface area contributed by atoms with Gasteiger partial charge in [-0.2, -0.15) is 0 Å². The lowest BCUT2D eigenvalue weighted by molar-refractivity contribution is 0.0376. The molecule has 1 aliphatic heterocycles. The van der Waals surface area contributed by atoms with Crippen LogP contribution in [0, 0.1) is 5.92 Å². The van der Waals surface area contributed by atoms with E-state index in [1.165, 1.54) is 0 Å². The number of rotatable bonds is 9. The first kappa shape index (κ1) is 19.7. The Morgan fingerprint density at radius 2 is 2.12 bits per heavy atom. The van der Waals surface area contributed by atoms with E-state index >= 15 is 0 Å². The number of nitrogens with zero attached hydrogens (tertiary/aromatic N) is 4. The first-order valence-corrected chi connectivity index (χ1v) is 9.51. The molecule has 2 heterocycles. The highest BCUT2D eigenvalue weighted by Crippen LogP contribution is 2.05. The molecule has 25 heavy (non-hydrogen) atoms. The van der Waals surface area contributed by atoms with Crippen LogP contribution in [0.5, 0.6) is 0 Å². The van der Waals surface area contributed by atoms with Crippen molar-refractivity contribution in [1.29, 1.82) is 0 Å². The SMILES string of the molecule is CCNC(=NCc1nccn1CC(C)C)NCCCN1CCOCC1. The van der Waals surface area contributed by atoms with Gasteiger partial charge in [-0.1, -0.05) is 13.8 Å². The van der Waals surface area contributed by atoms with E-state index in [4.69, 9.17) is 4.74 Å². The van der Waals surface area contributed by atoms with Gasteiger partial charge in [-0.3, -0.25) is 4.90 Å². The van der Waals surface area contributed by atoms with Crippen molar-refractivity contribution >= 4 is 5.96 Å². The van der Waals surface area contributed by atoms with Crippen LogP contribution in [0.25, 0.3) is 0 Å². The summed E-state index contributed by atoms with van der Waals surface area (Å²) in [5, 5.41) is 6.74. The predicted molar refractivity (Wildman–Crippen MR) is 102 cm³/mol. The normalized spacial score (nSPS) is 16.4. The topological polar surface area (TPSA) is 66.7 Å². The maximum Gasteiger partial charge on any atom is 0.191 e. The summed E-state index contributed by atoms with van der Waals surface area (Å²) in [7, 11) is 0. The fourth-order valence-corrected chi connectivity index (χ4v) is 2.88. The molecule has 1 aromatic heterocycles. The Morgan fingerprint density at radius 3 is 2.84 bits per heavy atom. The number of hydrogen-bond acceptors (Lipinski definition) is 4. The zero-order valence-electron chi connectivity index (χ0n) is 16.0. The van der Waals surface area contributed by atoms with Crippen molar-refractivity contribution < 1.29 is 4.74 Å². The van der Waals surface area contributed by atoms with E-state index in [0.717, 1.165) is 70.7 Å². The third-order valence-corrected chi connectivity index (χ3v) is 4.13. The highest BCUT2D eigenvalue weighted by molar-refractivity contribution is 5.79. The Morgan fingerprint density at radius 1 is 1.32 bits per heavy atom. The van der Waals surface area contributed by atoms with Crippen molar-refractivity contribution in [3.63, 3.8) is 0 Å². The molecule has 0 radical (unpaired) electrons. The molecule has 2 rings (SSSR count). The number of aliphatic imine (C=N–C) groups is 1. The van der Waals surface area contributed by atoms with Gasteiger partial charge in [0.1, 0.15) is 12.4 Å². The third-order valence-electron chi connectivity index (χ3n) is 4.13. The Kier molecular flexibility index (Phi) is 8.76. The van der Waals surface area contributed by atoms with Gasteiger partial charge in [-0.25, -0.2) is 9.98 Å². The van der Waals surface area contributed by atoms with Crippen LogP contribution in [0.1, 0.15) is 33.0 Å². The number of imidazole rings is 1. The molecule has 1 saturated heterocycles. The summed E-state index contributed by atoms with van der Waals surface area (Å²) in [5.41, 5.74) is 0. The van der Waals surface area contributed by atoms with Crippen LogP contribution >= 0.6 is 0 Å². The van der Waals surface area contributed by atoms with Gasteiger partial charge in [0.05, 0.1) is 13.2 Å². The molecule has 2 N–H and O–H groups in total. The number of morpholine rings is 1. The number of nitrogens with one attached hydrogen (secondary N) is 2. The Bertz CT molecular complexity index is 507. The summed E-state index contributed by atoms with van der Waals surface area (Å²) in [6.45, 7) is 14.8. The molecule has 0 aromatic carbocycles. The van der Waals surface area contributed by atoms with Gasteiger partial charge in [0.25, 0.3) is 0 Å². The Labute approximate surface area is 151 Å². The van der Waals surface area contributed by atoms with Gasteiger partial charge < -0.3 is 19.9 Å². The second-order valence-corrected chi connectivity index (χ2v) is 6.82. The number of aromatic nitrogens is 2. The largest absolute Gasteiger partial charge is 0.379 e. The summed E-state index contributed by atoms with van der Waals surface area (Å²) >= 11 is 0. The lowest BCUT2D eigenvalue weighted by atomic mass is 10.2. The molecule has 0 unspecified atom stereocenters. The zero-order valence-corrected chi connectivity index (χ0v) is 16.0. The van der Waals surface area contributed by atoms with Crippen LogP contribution in [-0.2, 0) is 17.8 Å². The summed E-state index contributed by atoms with van der Waals surface area (Å²) < 4.78 is 7.57. The van der Waals surface area contributed by atoms with Gasteiger partial charge in [-0.15, -0.1) is 0 Å². The molecule has 0 saturated carbocycles. The minimum Gasteiger partial charge on any atom is -0.379 e. The average molecular weight is 351 g/mol. The fourth-order valence-electron chi connectivity index (χ4n) is 2.88. The van der Waals surface area contributed by atoms with Gasteiger partial charge in [-0.05, 0) is 25.8 Å². The third kappa shape index (κ3) is 7.44. The minimum atomic E-state index is 0.596. The molecular formula is C18H34N6O. The molecule has 0 bridgehead atoms. The molecule has 0 aliphatic carbocycles. The van der Waals surface area contributed by atoms with Gasteiger partial charge in [0.2, 0.25) is 0 Å². The van der Waals surface area contributed by atoms with Crippen LogP contribution < -0.4 is 10.6 Å². The first-order valence-electron chi connectivity index (χ1n) is 9.51. The van der Waals surface area contributed by atoms with E-state index in [-0.39, 0.29) is 0 Å². The highest BCUT2D eigenvalue weighted by atomic mass is 16.5. The molecule has 142 valence electrons. The second-order valence-electron chi connectivity index (χ2n) is 6.82. The summed E-state index contributed by atoms with van der Waals surface area (Å²) in [6, 6.07) is 0. The van der Waals surface area contributed by atoms with E-state index in [1.807, 2.05) is 12.4 Å². The summed E-state index contributed by atoms with van der Waals surface area (Å²) in [6.07, 6.45) is 5.00. The van der Waals surface area contributed by atoms with Crippen molar-refractivity contribution in [2.24, 2.45) is 10.9 Å². The van der Waals surface area contributed by atoms with E-state index in [2.05, 4.69) is 50.8 Å². The summed E-state index contributed by atoms with van der Waals surface area (Å²) in [5.74, 6) is 2.48. The smallest absolute Gasteiger partial charge is 0.191 e. The summed E-state index contributed by atoms with van der Waals surface area (Å²) in [4.78, 5) is 11.6. The number of guanidine groups is 1. The van der Waals surface area contributed by atoms with Crippen LogP contribution in [0.4, 0.5) is 0 Å². The lowest BCUT2D eigenvalue weighted by Crippen LogP contribution is -2.40. The van der Waals surface area contributed by atoms with Crippen molar-refractivity contribution in [2.45, 2.75) is 40.3 Å². The molecule has 7 nitrogen and oxygen atoms in total. The van der Waals surface area contributed by atoms with Crippen LogP contribution in [-0.4, -0.2) is 66.3 Å². The standard InChI is InChI=1S/C18H34N6O/c1-4-19-18(21-6-5-8-23-10-12-25-13-11-23)22-14-17-20-7-9-24(17)15-16(2)3/h7,9,16H,4-6,8,10-15H2,1-3H3,(H2,19,21,22). The van der Waals surface area contributed by atoms with Crippen molar-refractivity contribution in [3.05, 3.63) is 18.2 Å². The maximum absolute atomic E-state index is 5.38. The molecule has 0 atom stereocenters. The molecule has 0 amide bonds. The first-order chi connectivity index (χ1) is 12.2. The van der Waals surface area contributed by atoms with Gasteiger partial charge in [0, 0.05) is 45.1 Å². The Hall–Kier alpha value is -1.60. The van der Waals surface area contributed by atoms with Crippen LogP contribution in [0.2, 0.25) is 0 Å². The fraction of sp³-hybridized carbons (Fsp3) is 0.778.